The molecule has 12 heavy (non-hydrogen) atoms. The van der Waals surface area contributed by atoms with Crippen LogP contribution in [0.3, 0.4) is 0 Å². The highest BCUT2D eigenvalue weighted by Crippen LogP contribution is 2.19. The van der Waals surface area contributed by atoms with Gasteiger partial charge >= 0.3 is 0 Å². The lowest BCUT2D eigenvalue weighted by molar-refractivity contribution is 0.567. The molecule has 1 atom stereocenters. The van der Waals surface area contributed by atoms with Crippen LogP contribution in [0, 0.1) is 0 Å². The van der Waals surface area contributed by atoms with Crippen molar-refractivity contribution in [2.75, 3.05) is 5.73 Å². The molecule has 0 bridgehead atoms. The van der Waals surface area contributed by atoms with Gasteiger partial charge in [0.15, 0.2) is 0 Å². The largest absolute Gasteiger partial charge is 0.384 e. The monoisotopic (exact) mass is 163 g/mol. The van der Waals surface area contributed by atoms with E-state index in [1.165, 1.54) is 5.56 Å². The normalized spacial score (nSPS) is 21.9. The van der Waals surface area contributed by atoms with Gasteiger partial charge in [0.1, 0.15) is 5.82 Å². The van der Waals surface area contributed by atoms with E-state index in [4.69, 9.17) is 11.5 Å². The molecule has 4 N–H and O–H groups in total. The number of aromatic nitrogens is 1. The molecule has 0 radical (unpaired) electrons. The van der Waals surface area contributed by atoms with Crippen LogP contribution in [0.25, 0.3) is 0 Å². The summed E-state index contributed by atoms with van der Waals surface area (Å²) in [6.07, 6.45) is 2.95. The number of nitrogens with two attached hydrogens (primary N) is 2. The molecule has 0 spiro atoms. The van der Waals surface area contributed by atoms with Crippen LogP contribution < -0.4 is 11.5 Å². The van der Waals surface area contributed by atoms with Gasteiger partial charge in [0.05, 0.1) is 0 Å². The van der Waals surface area contributed by atoms with Crippen LogP contribution in [-0.2, 0) is 12.8 Å². The summed E-state index contributed by atoms with van der Waals surface area (Å²) < 4.78 is 0. The Labute approximate surface area is 71.8 Å². The lowest BCUT2D eigenvalue weighted by Crippen LogP contribution is -2.28. The minimum absolute atomic E-state index is 0.308. The molecule has 0 amide bonds. The predicted molar refractivity (Wildman–Crippen MR) is 48.6 cm³/mol. The van der Waals surface area contributed by atoms with Gasteiger partial charge in [-0.15, -0.1) is 0 Å². The molecule has 1 unspecified atom stereocenters. The number of nitrogens with zero attached hydrogens (tertiary/aromatic N) is 1. The van der Waals surface area contributed by atoms with Crippen LogP contribution in [0.15, 0.2) is 12.1 Å². The van der Waals surface area contributed by atoms with Crippen molar-refractivity contribution in [2.24, 2.45) is 5.73 Å². The summed E-state index contributed by atoms with van der Waals surface area (Å²) in [5.74, 6) is 0.615. The molecule has 0 saturated carbocycles. The summed E-state index contributed by atoms with van der Waals surface area (Å²) in [5, 5.41) is 0. The maximum Gasteiger partial charge on any atom is 0.123 e. The Kier molecular flexibility index (Phi) is 1.73. The van der Waals surface area contributed by atoms with E-state index in [9.17, 15) is 0 Å². The van der Waals surface area contributed by atoms with E-state index in [1.807, 2.05) is 12.1 Å². The first-order chi connectivity index (χ1) is 5.75. The second kappa shape index (κ2) is 2.75. The van der Waals surface area contributed by atoms with Crippen LogP contribution >= 0.6 is 0 Å². The molecule has 3 nitrogen and oxygen atoms in total. The number of fused-ring (bicyclic) bond motifs is 1. The second-order valence-electron chi connectivity index (χ2n) is 3.34. The highest BCUT2D eigenvalue weighted by Gasteiger charge is 2.15. The Morgan fingerprint density at radius 3 is 3.08 bits per heavy atom. The van der Waals surface area contributed by atoms with Crippen LogP contribution in [0.5, 0.6) is 0 Å². The molecule has 64 valence electrons. The quantitative estimate of drug-likeness (QED) is 0.584. The van der Waals surface area contributed by atoms with Gasteiger partial charge in [-0.05, 0) is 30.9 Å². The predicted octanol–water partition coefficient (Wildman–Crippen LogP) is 0.480. The van der Waals surface area contributed by atoms with Gasteiger partial charge in [0, 0.05) is 11.7 Å². The lowest BCUT2D eigenvalue weighted by atomic mass is 9.92. The van der Waals surface area contributed by atoms with Crippen molar-refractivity contribution >= 4 is 5.82 Å². The SMILES string of the molecule is Nc1ccc2c(n1)CCC(N)C2. The van der Waals surface area contributed by atoms with Gasteiger partial charge < -0.3 is 11.5 Å². The second-order valence-corrected chi connectivity index (χ2v) is 3.34. The molecule has 0 aliphatic heterocycles. The fraction of sp³-hybridized carbons (Fsp3) is 0.444. The number of hydrogen-bond acceptors (Lipinski definition) is 3. The molecular weight excluding hydrogens is 150 g/mol. The van der Waals surface area contributed by atoms with Crippen molar-refractivity contribution < 1.29 is 0 Å². The number of aryl methyl sites for hydroxylation is 1. The topological polar surface area (TPSA) is 64.9 Å². The summed E-state index contributed by atoms with van der Waals surface area (Å²) in [7, 11) is 0. The van der Waals surface area contributed by atoms with Crippen molar-refractivity contribution in [3.63, 3.8) is 0 Å². The minimum Gasteiger partial charge on any atom is -0.384 e. The third kappa shape index (κ3) is 1.28. The Balaban J connectivity index is 2.37. The number of pyridine rings is 1. The average molecular weight is 163 g/mol. The minimum atomic E-state index is 0.308. The molecule has 1 aliphatic rings. The van der Waals surface area contributed by atoms with Crippen molar-refractivity contribution in [3.05, 3.63) is 23.4 Å². The van der Waals surface area contributed by atoms with E-state index in [1.54, 1.807) is 0 Å². The highest BCUT2D eigenvalue weighted by molar-refractivity contribution is 5.35. The fourth-order valence-corrected chi connectivity index (χ4v) is 1.66. The fourth-order valence-electron chi connectivity index (χ4n) is 1.66. The zero-order valence-electron chi connectivity index (χ0n) is 6.96. The van der Waals surface area contributed by atoms with Crippen LogP contribution in [-0.4, -0.2) is 11.0 Å². The number of anilines is 1. The Hall–Kier alpha value is -1.09. The summed E-state index contributed by atoms with van der Waals surface area (Å²) in [5.41, 5.74) is 13.8. The Morgan fingerprint density at radius 1 is 1.42 bits per heavy atom. The van der Waals surface area contributed by atoms with E-state index in [-0.39, 0.29) is 0 Å². The van der Waals surface area contributed by atoms with Gasteiger partial charge in [0.25, 0.3) is 0 Å². The van der Waals surface area contributed by atoms with Crippen LogP contribution in [0.2, 0.25) is 0 Å². The maximum absolute atomic E-state index is 5.83. The highest BCUT2D eigenvalue weighted by atomic mass is 14.8. The Morgan fingerprint density at radius 2 is 2.25 bits per heavy atom. The molecule has 1 aromatic rings. The summed E-state index contributed by atoms with van der Waals surface area (Å²) in [6, 6.07) is 4.19. The molecule has 1 heterocycles. The molecule has 1 aromatic heterocycles. The van der Waals surface area contributed by atoms with Crippen molar-refractivity contribution in [3.8, 4) is 0 Å². The van der Waals surface area contributed by atoms with E-state index in [0.717, 1.165) is 25.0 Å². The smallest absolute Gasteiger partial charge is 0.123 e. The van der Waals surface area contributed by atoms with Gasteiger partial charge in [-0.2, -0.15) is 0 Å². The maximum atomic E-state index is 5.83. The van der Waals surface area contributed by atoms with Gasteiger partial charge in [-0.25, -0.2) is 4.98 Å². The first kappa shape index (κ1) is 7.55. The molecule has 3 heteroatoms. The van der Waals surface area contributed by atoms with Crippen molar-refractivity contribution in [1.29, 1.82) is 0 Å². The number of nitrogen functional groups attached to an aromatic ring is 1. The summed E-state index contributed by atoms with van der Waals surface area (Å²) >= 11 is 0. The third-order valence-electron chi connectivity index (χ3n) is 2.32. The van der Waals surface area contributed by atoms with E-state index >= 15 is 0 Å². The molecule has 0 fully saturated rings. The standard InChI is InChI=1S/C9H13N3/c10-7-2-3-8-6(5-7)1-4-9(11)12-8/h1,4,7H,2-3,5,10H2,(H2,11,12). The molecule has 0 saturated heterocycles. The van der Waals surface area contributed by atoms with Gasteiger partial charge in [-0.1, -0.05) is 6.07 Å². The average Bonchev–Trinajstić information content (AvgIpc) is 2.05. The molecular formula is C9H13N3. The summed E-state index contributed by atoms with van der Waals surface area (Å²) in [6.45, 7) is 0. The van der Waals surface area contributed by atoms with Crippen LogP contribution in [0.4, 0.5) is 5.82 Å². The van der Waals surface area contributed by atoms with Gasteiger partial charge in [0.2, 0.25) is 0 Å². The van der Waals surface area contributed by atoms with E-state index in [2.05, 4.69) is 4.98 Å². The molecule has 2 rings (SSSR count). The van der Waals surface area contributed by atoms with E-state index in [0.29, 0.717) is 11.9 Å². The molecule has 1 aliphatic carbocycles. The van der Waals surface area contributed by atoms with Crippen molar-refractivity contribution in [1.82, 2.24) is 4.98 Å². The first-order valence-electron chi connectivity index (χ1n) is 4.25. The van der Waals surface area contributed by atoms with Crippen LogP contribution in [0.1, 0.15) is 17.7 Å². The Bertz CT molecular complexity index is 296. The van der Waals surface area contributed by atoms with Gasteiger partial charge in [-0.3, -0.25) is 0 Å². The van der Waals surface area contributed by atoms with E-state index < -0.39 is 0 Å². The number of hydrogen-bond donors (Lipinski definition) is 2. The zero-order chi connectivity index (χ0) is 8.55. The molecule has 0 aromatic carbocycles. The zero-order valence-corrected chi connectivity index (χ0v) is 6.96. The number of rotatable bonds is 0. The first-order valence-corrected chi connectivity index (χ1v) is 4.25. The summed E-state index contributed by atoms with van der Waals surface area (Å²) in [4.78, 5) is 4.27. The third-order valence-corrected chi connectivity index (χ3v) is 2.32. The van der Waals surface area contributed by atoms with Crippen molar-refractivity contribution in [2.45, 2.75) is 25.3 Å². The lowest BCUT2D eigenvalue weighted by Gasteiger charge is -2.20.